The Bertz CT molecular complexity index is 1060. The lowest BCUT2D eigenvalue weighted by molar-refractivity contribution is 0.0952. The van der Waals surface area contributed by atoms with Crippen LogP contribution < -0.4 is 5.32 Å². The highest BCUT2D eigenvalue weighted by molar-refractivity contribution is 6.07. The first-order valence-electron chi connectivity index (χ1n) is 8.17. The molecule has 4 rings (SSSR count). The number of aromatic nitrogens is 1. The summed E-state index contributed by atoms with van der Waals surface area (Å²) < 4.78 is 18.4. The lowest BCUT2D eigenvalue weighted by Gasteiger charge is -2.10. The van der Waals surface area contributed by atoms with Gasteiger partial charge in [-0.2, -0.15) is 0 Å². The van der Waals surface area contributed by atoms with Gasteiger partial charge in [-0.15, -0.1) is 0 Å². The van der Waals surface area contributed by atoms with E-state index in [-0.39, 0.29) is 11.7 Å². The summed E-state index contributed by atoms with van der Waals surface area (Å²) >= 11 is 0. The second kappa shape index (κ2) is 6.80. The molecule has 2 heterocycles. The highest BCUT2D eigenvalue weighted by Gasteiger charge is 2.14. The van der Waals surface area contributed by atoms with E-state index >= 15 is 0 Å². The second-order valence-corrected chi connectivity index (χ2v) is 5.86. The number of nitrogens with one attached hydrogen (secondary N) is 1. The van der Waals surface area contributed by atoms with Gasteiger partial charge in [0.05, 0.1) is 17.3 Å². The van der Waals surface area contributed by atoms with Crippen molar-refractivity contribution in [3.05, 3.63) is 89.9 Å². The molecule has 1 N–H and O–H groups in total. The van der Waals surface area contributed by atoms with Crippen LogP contribution in [0.2, 0.25) is 0 Å². The maximum Gasteiger partial charge on any atom is 0.252 e. The van der Waals surface area contributed by atoms with Crippen LogP contribution in [-0.4, -0.2) is 10.9 Å². The molecule has 4 nitrogen and oxygen atoms in total. The molecular formula is C21H15FN2O2. The van der Waals surface area contributed by atoms with E-state index in [1.165, 1.54) is 12.1 Å². The van der Waals surface area contributed by atoms with Crippen molar-refractivity contribution in [3.8, 4) is 11.5 Å². The van der Waals surface area contributed by atoms with Gasteiger partial charge in [0.2, 0.25) is 0 Å². The molecule has 5 heteroatoms. The van der Waals surface area contributed by atoms with Crippen LogP contribution in [0.3, 0.4) is 0 Å². The molecule has 1 amide bonds. The third-order valence-electron chi connectivity index (χ3n) is 4.10. The normalized spacial score (nSPS) is 10.8. The van der Waals surface area contributed by atoms with E-state index in [2.05, 4.69) is 10.3 Å². The number of pyridine rings is 1. The van der Waals surface area contributed by atoms with Crippen molar-refractivity contribution in [2.45, 2.75) is 6.54 Å². The van der Waals surface area contributed by atoms with Crippen molar-refractivity contribution < 1.29 is 13.6 Å². The first-order chi connectivity index (χ1) is 12.7. The fraction of sp³-hybridized carbons (Fsp3) is 0.0476. The average Bonchev–Trinajstić information content (AvgIpc) is 3.21. The molecule has 0 atom stereocenters. The third-order valence-corrected chi connectivity index (χ3v) is 4.10. The zero-order chi connectivity index (χ0) is 17.9. The predicted octanol–water partition coefficient (Wildman–Crippen LogP) is 4.56. The molecular weight excluding hydrogens is 331 g/mol. The van der Waals surface area contributed by atoms with Gasteiger partial charge in [-0.25, -0.2) is 9.37 Å². The fourth-order valence-electron chi connectivity index (χ4n) is 2.79. The number of amides is 1. The van der Waals surface area contributed by atoms with E-state index in [0.717, 1.165) is 10.9 Å². The average molecular weight is 346 g/mol. The maximum absolute atomic E-state index is 13.0. The summed E-state index contributed by atoms with van der Waals surface area (Å²) in [5.41, 5.74) is 2.66. The first-order valence-corrected chi connectivity index (χ1v) is 8.17. The largest absolute Gasteiger partial charge is 0.463 e. The van der Waals surface area contributed by atoms with E-state index in [1.54, 1.807) is 36.6 Å². The van der Waals surface area contributed by atoms with Crippen molar-refractivity contribution in [3.63, 3.8) is 0 Å². The van der Waals surface area contributed by atoms with Crippen LogP contribution in [0.25, 0.3) is 22.4 Å². The predicted molar refractivity (Wildman–Crippen MR) is 97.0 cm³/mol. The van der Waals surface area contributed by atoms with Crippen LogP contribution in [0.15, 0.2) is 77.4 Å². The molecule has 2 aromatic carbocycles. The Morgan fingerprint density at radius 1 is 1.04 bits per heavy atom. The van der Waals surface area contributed by atoms with Crippen molar-refractivity contribution in [1.82, 2.24) is 10.3 Å². The number of hydrogen-bond acceptors (Lipinski definition) is 3. The zero-order valence-corrected chi connectivity index (χ0v) is 13.8. The van der Waals surface area contributed by atoms with E-state index in [4.69, 9.17) is 4.42 Å². The lowest BCUT2D eigenvalue weighted by atomic mass is 10.1. The summed E-state index contributed by atoms with van der Waals surface area (Å²) in [6, 6.07) is 18.8. The number of fused-ring (bicyclic) bond motifs is 1. The smallest absolute Gasteiger partial charge is 0.252 e. The molecule has 4 aromatic rings. The number of benzene rings is 2. The molecule has 0 radical (unpaired) electrons. The van der Waals surface area contributed by atoms with Crippen molar-refractivity contribution in [2.75, 3.05) is 0 Å². The zero-order valence-electron chi connectivity index (χ0n) is 13.8. The van der Waals surface area contributed by atoms with Crippen molar-refractivity contribution in [2.24, 2.45) is 0 Å². The van der Waals surface area contributed by atoms with Gasteiger partial charge in [0.1, 0.15) is 11.5 Å². The minimum absolute atomic E-state index is 0.222. The molecule has 0 fully saturated rings. The standard InChI is InChI=1S/C21H15FN2O2/c22-15-9-7-14(8-10-15)13-23-21(25)17-12-19(20-6-3-11-26-20)24-18-5-2-1-4-16(17)18/h1-12H,13H2,(H,23,25). The molecule has 0 saturated carbocycles. The minimum Gasteiger partial charge on any atom is -0.463 e. The van der Waals surface area contributed by atoms with E-state index in [9.17, 15) is 9.18 Å². The summed E-state index contributed by atoms with van der Waals surface area (Å²) in [6.07, 6.45) is 1.57. The SMILES string of the molecule is O=C(NCc1ccc(F)cc1)c1cc(-c2ccco2)nc2ccccc12. The number of hydrogen-bond donors (Lipinski definition) is 1. The van der Waals surface area contributed by atoms with Gasteiger partial charge in [-0.3, -0.25) is 4.79 Å². The number of rotatable bonds is 4. The Morgan fingerprint density at radius 2 is 1.85 bits per heavy atom. The summed E-state index contributed by atoms with van der Waals surface area (Å²) in [7, 11) is 0. The van der Waals surface area contributed by atoms with E-state index in [1.807, 2.05) is 24.3 Å². The van der Waals surface area contributed by atoms with Crippen molar-refractivity contribution in [1.29, 1.82) is 0 Å². The Balaban J connectivity index is 1.67. The number of nitrogens with zero attached hydrogens (tertiary/aromatic N) is 1. The molecule has 128 valence electrons. The molecule has 0 unspecified atom stereocenters. The monoisotopic (exact) mass is 346 g/mol. The summed E-state index contributed by atoms with van der Waals surface area (Å²) in [4.78, 5) is 17.4. The van der Waals surface area contributed by atoms with Gasteiger partial charge in [0, 0.05) is 11.9 Å². The van der Waals surface area contributed by atoms with Crippen LogP contribution in [0.4, 0.5) is 4.39 Å². The second-order valence-electron chi connectivity index (χ2n) is 5.86. The summed E-state index contributed by atoms with van der Waals surface area (Å²) in [5.74, 6) is 0.0763. The first kappa shape index (κ1) is 16.0. The topological polar surface area (TPSA) is 55.1 Å². The number of para-hydroxylation sites is 1. The van der Waals surface area contributed by atoms with Gasteiger partial charge in [0.15, 0.2) is 5.76 Å². The maximum atomic E-state index is 13.0. The molecule has 0 aliphatic carbocycles. The van der Waals surface area contributed by atoms with Gasteiger partial charge >= 0.3 is 0 Å². The number of halogens is 1. The van der Waals surface area contributed by atoms with Gasteiger partial charge in [-0.05, 0) is 42.0 Å². The van der Waals surface area contributed by atoms with Gasteiger partial charge < -0.3 is 9.73 Å². The quantitative estimate of drug-likeness (QED) is 0.589. The molecule has 0 bridgehead atoms. The Labute approximate surface area is 149 Å². The molecule has 26 heavy (non-hydrogen) atoms. The summed E-state index contributed by atoms with van der Waals surface area (Å²) in [5, 5.41) is 3.64. The number of furan rings is 1. The Hall–Kier alpha value is -3.47. The Morgan fingerprint density at radius 3 is 2.62 bits per heavy atom. The van der Waals surface area contributed by atoms with Crippen LogP contribution in [0.5, 0.6) is 0 Å². The third kappa shape index (κ3) is 3.19. The molecule has 0 saturated heterocycles. The molecule has 0 aliphatic heterocycles. The lowest BCUT2D eigenvalue weighted by Crippen LogP contribution is -2.23. The number of carbonyl (C=O) groups excluding carboxylic acids is 1. The summed E-state index contributed by atoms with van der Waals surface area (Å²) in [6.45, 7) is 0.311. The molecule has 2 aromatic heterocycles. The van der Waals surface area contributed by atoms with Crippen LogP contribution in [0, 0.1) is 5.82 Å². The molecule has 0 aliphatic rings. The van der Waals surface area contributed by atoms with Gasteiger partial charge in [-0.1, -0.05) is 30.3 Å². The highest BCUT2D eigenvalue weighted by atomic mass is 19.1. The Kier molecular flexibility index (Phi) is 4.19. The van der Waals surface area contributed by atoms with Crippen LogP contribution in [-0.2, 0) is 6.54 Å². The molecule has 0 spiro atoms. The van der Waals surface area contributed by atoms with Crippen molar-refractivity contribution >= 4 is 16.8 Å². The van der Waals surface area contributed by atoms with E-state index in [0.29, 0.717) is 29.1 Å². The van der Waals surface area contributed by atoms with Crippen LogP contribution in [0.1, 0.15) is 15.9 Å². The van der Waals surface area contributed by atoms with E-state index < -0.39 is 0 Å². The number of carbonyl (C=O) groups is 1. The fourth-order valence-corrected chi connectivity index (χ4v) is 2.79. The highest BCUT2D eigenvalue weighted by Crippen LogP contribution is 2.25. The van der Waals surface area contributed by atoms with Gasteiger partial charge in [0.25, 0.3) is 5.91 Å². The van der Waals surface area contributed by atoms with Crippen LogP contribution >= 0.6 is 0 Å². The minimum atomic E-state index is -0.303.